The molecule has 2 amide bonds. The van der Waals surface area contributed by atoms with Crippen LogP contribution in [-0.2, 0) is 14.3 Å². The molecule has 0 saturated carbocycles. The number of carbonyl (C=O) groups excluding carboxylic acids is 2. The zero-order valence-electron chi connectivity index (χ0n) is 18.9. The second-order valence-corrected chi connectivity index (χ2v) is 9.20. The quantitative estimate of drug-likeness (QED) is 0.659. The van der Waals surface area contributed by atoms with Crippen LogP contribution in [0.3, 0.4) is 0 Å². The van der Waals surface area contributed by atoms with Crippen LogP contribution in [0, 0.1) is 5.92 Å². The van der Waals surface area contributed by atoms with Crippen molar-refractivity contribution in [1.29, 1.82) is 0 Å². The Bertz CT molecular complexity index is 1100. The van der Waals surface area contributed by atoms with Crippen molar-refractivity contribution in [3.05, 3.63) is 71.8 Å². The molecule has 0 radical (unpaired) electrons. The van der Waals surface area contributed by atoms with Crippen molar-refractivity contribution >= 4 is 18.0 Å². The van der Waals surface area contributed by atoms with Crippen LogP contribution in [0.15, 0.2) is 60.7 Å². The molecule has 1 saturated heterocycles. The molecule has 3 aliphatic rings. The van der Waals surface area contributed by atoms with Crippen LogP contribution in [0.5, 0.6) is 0 Å². The minimum absolute atomic E-state index is 0.0162. The van der Waals surface area contributed by atoms with E-state index in [0.29, 0.717) is 32.2 Å². The van der Waals surface area contributed by atoms with Gasteiger partial charge in [0.25, 0.3) is 0 Å². The fourth-order valence-electron chi connectivity index (χ4n) is 5.51. The monoisotopic (exact) mass is 460 g/mol. The predicted molar refractivity (Wildman–Crippen MR) is 126 cm³/mol. The van der Waals surface area contributed by atoms with E-state index in [0.717, 1.165) is 11.1 Å². The smallest absolute Gasteiger partial charge is 0.407 e. The van der Waals surface area contributed by atoms with E-state index in [1.807, 2.05) is 36.4 Å². The number of likely N-dealkylation sites (tertiary alicyclic amines) is 1. The average molecular weight is 461 g/mol. The first-order valence-electron chi connectivity index (χ1n) is 11.8. The van der Waals surface area contributed by atoms with Crippen molar-refractivity contribution in [2.75, 3.05) is 13.2 Å². The Morgan fingerprint density at radius 3 is 2.38 bits per heavy atom. The van der Waals surface area contributed by atoms with Crippen molar-refractivity contribution in [1.82, 2.24) is 10.2 Å². The van der Waals surface area contributed by atoms with Gasteiger partial charge in [-0.25, -0.2) is 9.59 Å². The fraction of sp³-hybridized carbons (Fsp3) is 0.370. The van der Waals surface area contributed by atoms with Crippen LogP contribution in [0.1, 0.15) is 42.7 Å². The lowest BCUT2D eigenvalue weighted by Gasteiger charge is -2.30. The fourth-order valence-corrected chi connectivity index (χ4v) is 5.51. The van der Waals surface area contributed by atoms with E-state index in [4.69, 9.17) is 4.74 Å². The molecular weight excluding hydrogens is 432 g/mol. The Morgan fingerprint density at radius 2 is 1.71 bits per heavy atom. The number of nitrogens with zero attached hydrogens (tertiary/aromatic N) is 1. The van der Waals surface area contributed by atoms with Gasteiger partial charge < -0.3 is 20.1 Å². The number of amides is 2. The molecule has 2 aromatic rings. The molecule has 7 heteroatoms. The number of carbonyl (C=O) groups is 3. The number of aliphatic carboxylic acids is 1. The van der Waals surface area contributed by atoms with Gasteiger partial charge in [0.15, 0.2) is 0 Å². The number of nitrogens with one attached hydrogen (secondary N) is 1. The van der Waals surface area contributed by atoms with Gasteiger partial charge >= 0.3 is 12.1 Å². The largest absolute Gasteiger partial charge is 0.480 e. The second kappa shape index (κ2) is 9.33. The maximum absolute atomic E-state index is 13.0. The number of hydrogen-bond donors (Lipinski definition) is 2. The lowest BCUT2D eigenvalue weighted by molar-refractivity contribution is -0.150. The van der Waals surface area contributed by atoms with Gasteiger partial charge in [0.2, 0.25) is 5.91 Å². The number of rotatable bonds is 5. The molecule has 2 aliphatic carbocycles. The first-order chi connectivity index (χ1) is 16.5. The maximum Gasteiger partial charge on any atom is 0.407 e. The molecule has 2 aromatic carbocycles. The normalized spacial score (nSPS) is 23.3. The highest BCUT2D eigenvalue weighted by Crippen LogP contribution is 2.44. The highest BCUT2D eigenvalue weighted by Gasteiger charge is 2.38. The van der Waals surface area contributed by atoms with Crippen LogP contribution in [0.25, 0.3) is 11.1 Å². The van der Waals surface area contributed by atoms with Crippen molar-refractivity contribution in [2.45, 2.75) is 43.7 Å². The van der Waals surface area contributed by atoms with Crippen LogP contribution in [0.4, 0.5) is 4.79 Å². The number of fused-ring (bicyclic) bond motifs is 3. The molecule has 34 heavy (non-hydrogen) atoms. The summed E-state index contributed by atoms with van der Waals surface area (Å²) < 4.78 is 5.63. The summed E-state index contributed by atoms with van der Waals surface area (Å²) in [5.41, 5.74) is 4.65. The predicted octanol–water partition coefficient (Wildman–Crippen LogP) is 3.94. The van der Waals surface area contributed by atoms with E-state index < -0.39 is 18.1 Å². The molecule has 0 spiro atoms. The highest BCUT2D eigenvalue weighted by atomic mass is 16.5. The van der Waals surface area contributed by atoms with Crippen LogP contribution in [-0.4, -0.2) is 53.2 Å². The van der Waals surface area contributed by atoms with Crippen LogP contribution < -0.4 is 5.32 Å². The number of allylic oxidation sites excluding steroid dienone is 1. The first-order valence-corrected chi connectivity index (χ1v) is 11.8. The topological polar surface area (TPSA) is 95.9 Å². The number of carboxylic acid groups (broad SMARTS) is 1. The van der Waals surface area contributed by atoms with Crippen molar-refractivity contribution in [3.63, 3.8) is 0 Å². The van der Waals surface area contributed by atoms with Gasteiger partial charge in [-0.3, -0.25) is 4.79 Å². The Morgan fingerprint density at radius 1 is 1.03 bits per heavy atom. The zero-order chi connectivity index (χ0) is 23.7. The molecule has 7 nitrogen and oxygen atoms in total. The van der Waals surface area contributed by atoms with Gasteiger partial charge in [-0.2, -0.15) is 0 Å². The lowest BCUT2D eigenvalue weighted by atomic mass is 9.89. The van der Waals surface area contributed by atoms with E-state index in [2.05, 4.69) is 29.6 Å². The molecule has 5 rings (SSSR count). The van der Waals surface area contributed by atoms with E-state index >= 15 is 0 Å². The maximum atomic E-state index is 13.0. The summed E-state index contributed by atoms with van der Waals surface area (Å²) in [7, 11) is 0. The standard InChI is InChI=1S/C27H28N2O5/c30-25(29-14-6-13-24(29)26(31)32)17-7-5-8-18(15-17)28-27(33)34-16-23-21-11-3-1-9-19(21)20-10-2-4-12-22(20)23/h1-5,8-12,17-18,23-24H,6-7,13-16H2,(H,28,33)(H,31,32)/t17-,18-,24?/m1/s1. The summed E-state index contributed by atoms with van der Waals surface area (Å²) in [6.07, 6.45) is 5.41. The van der Waals surface area contributed by atoms with Gasteiger partial charge in [0, 0.05) is 18.4 Å². The number of hydrogen-bond acceptors (Lipinski definition) is 4. The number of carboxylic acids is 1. The van der Waals surface area contributed by atoms with Gasteiger partial charge in [0.1, 0.15) is 12.6 Å². The Kier molecular flexibility index (Phi) is 6.09. The molecule has 2 N–H and O–H groups in total. The van der Waals surface area contributed by atoms with E-state index in [1.54, 1.807) is 0 Å². The van der Waals surface area contributed by atoms with Crippen molar-refractivity contribution in [3.8, 4) is 11.1 Å². The summed E-state index contributed by atoms with van der Waals surface area (Å²) in [6.45, 7) is 0.702. The summed E-state index contributed by atoms with van der Waals surface area (Å²) in [5.74, 6) is -1.46. The average Bonchev–Trinajstić information content (AvgIpc) is 3.46. The third kappa shape index (κ3) is 4.18. The summed E-state index contributed by atoms with van der Waals surface area (Å²) >= 11 is 0. The lowest BCUT2D eigenvalue weighted by Crippen LogP contribution is -2.46. The first kappa shape index (κ1) is 22.2. The number of ether oxygens (including phenoxy) is 1. The zero-order valence-corrected chi connectivity index (χ0v) is 18.9. The molecule has 1 unspecified atom stereocenters. The van der Waals surface area contributed by atoms with Gasteiger partial charge in [-0.15, -0.1) is 0 Å². The van der Waals surface area contributed by atoms with E-state index in [9.17, 15) is 19.5 Å². The minimum Gasteiger partial charge on any atom is -0.480 e. The Hall–Kier alpha value is -3.61. The van der Waals surface area contributed by atoms with Crippen molar-refractivity contribution in [2.24, 2.45) is 5.92 Å². The number of benzene rings is 2. The molecule has 176 valence electrons. The third-order valence-electron chi connectivity index (χ3n) is 7.14. The second-order valence-electron chi connectivity index (χ2n) is 9.20. The third-order valence-corrected chi connectivity index (χ3v) is 7.14. The molecule has 0 aromatic heterocycles. The summed E-state index contributed by atoms with van der Waals surface area (Å²) in [4.78, 5) is 38.5. The molecule has 1 fully saturated rings. The van der Waals surface area contributed by atoms with E-state index in [-0.39, 0.29) is 30.4 Å². The number of alkyl carbamates (subject to hydrolysis) is 1. The van der Waals surface area contributed by atoms with Gasteiger partial charge in [-0.1, -0.05) is 60.7 Å². The molecular formula is C27H28N2O5. The SMILES string of the molecule is O=C(N[C@@H]1C=CC[C@@H](C(=O)N2CCCC2C(=O)O)C1)OCC1c2ccccc2-c2ccccc21. The summed E-state index contributed by atoms with van der Waals surface area (Å²) in [5, 5.41) is 12.3. The molecule has 3 atom stereocenters. The highest BCUT2D eigenvalue weighted by molar-refractivity contribution is 5.86. The Balaban J connectivity index is 1.19. The molecule has 0 bridgehead atoms. The summed E-state index contributed by atoms with van der Waals surface area (Å²) in [6, 6.07) is 15.3. The molecule has 1 heterocycles. The van der Waals surface area contributed by atoms with Gasteiger partial charge in [-0.05, 0) is 47.9 Å². The molecule has 1 aliphatic heterocycles. The van der Waals surface area contributed by atoms with Gasteiger partial charge in [0.05, 0.1) is 6.04 Å². The van der Waals surface area contributed by atoms with Crippen LogP contribution >= 0.6 is 0 Å². The minimum atomic E-state index is -0.953. The van der Waals surface area contributed by atoms with Crippen LogP contribution in [0.2, 0.25) is 0 Å². The van der Waals surface area contributed by atoms with Crippen molar-refractivity contribution < 1.29 is 24.2 Å². The van der Waals surface area contributed by atoms with E-state index in [1.165, 1.54) is 16.0 Å². The Labute approximate surface area is 198 Å².